The molecule has 0 radical (unpaired) electrons. The Kier molecular flexibility index (Phi) is 2.64. The predicted molar refractivity (Wildman–Crippen MR) is 60.1 cm³/mol. The highest BCUT2D eigenvalue weighted by Crippen LogP contribution is 2.06. The first-order valence-corrected chi connectivity index (χ1v) is 5.13. The van der Waals surface area contributed by atoms with E-state index in [9.17, 15) is 4.79 Å². The van der Waals surface area contributed by atoms with Crippen LogP contribution in [0.2, 0.25) is 0 Å². The van der Waals surface area contributed by atoms with Gasteiger partial charge in [-0.15, -0.1) is 0 Å². The summed E-state index contributed by atoms with van der Waals surface area (Å²) >= 11 is 3.26. The van der Waals surface area contributed by atoms with Crippen molar-refractivity contribution in [2.24, 2.45) is 0 Å². The predicted octanol–water partition coefficient (Wildman–Crippen LogP) is 1.70. The smallest absolute Gasteiger partial charge is 0.233 e. The van der Waals surface area contributed by atoms with Crippen LogP contribution in [-0.4, -0.2) is 14.5 Å². The van der Waals surface area contributed by atoms with Crippen LogP contribution in [0, 0.1) is 6.92 Å². The van der Waals surface area contributed by atoms with E-state index in [0.717, 1.165) is 4.47 Å². The molecule has 0 bridgehead atoms. The average Bonchev–Trinajstić information content (AvgIpc) is 2.23. The zero-order chi connectivity index (χ0) is 10.8. The summed E-state index contributed by atoms with van der Waals surface area (Å²) < 4.78 is 2.53. The number of hydrogen-bond donors (Lipinski definition) is 0. The Bertz CT molecular complexity index is 533. The van der Waals surface area contributed by atoms with Crippen LogP contribution in [0.1, 0.15) is 5.56 Å². The molecular weight excluding hydrogens is 258 g/mol. The van der Waals surface area contributed by atoms with Crippen molar-refractivity contribution >= 4 is 15.9 Å². The van der Waals surface area contributed by atoms with E-state index >= 15 is 0 Å². The second-order valence-electron chi connectivity index (χ2n) is 3.10. The molecule has 2 aromatic rings. The molecule has 2 rings (SSSR count). The van der Waals surface area contributed by atoms with E-state index in [-0.39, 0.29) is 5.43 Å². The highest BCUT2D eigenvalue weighted by Gasteiger charge is 1.99. The Morgan fingerprint density at radius 3 is 2.60 bits per heavy atom. The molecule has 0 spiro atoms. The molecule has 0 unspecified atom stereocenters. The number of hydrogen-bond acceptors (Lipinski definition) is 3. The second kappa shape index (κ2) is 3.94. The van der Waals surface area contributed by atoms with E-state index in [0.29, 0.717) is 11.5 Å². The van der Waals surface area contributed by atoms with E-state index in [1.165, 1.54) is 6.07 Å². The molecule has 4 nitrogen and oxygen atoms in total. The van der Waals surface area contributed by atoms with Gasteiger partial charge in [-0.3, -0.25) is 9.36 Å². The largest absolute Gasteiger partial charge is 0.292 e. The van der Waals surface area contributed by atoms with E-state index in [1.807, 2.05) is 0 Å². The lowest BCUT2D eigenvalue weighted by atomic mass is 10.3. The van der Waals surface area contributed by atoms with Crippen LogP contribution in [0.4, 0.5) is 0 Å². The van der Waals surface area contributed by atoms with Crippen LogP contribution in [-0.2, 0) is 0 Å². The molecule has 0 N–H and O–H groups in total. The Morgan fingerprint density at radius 1 is 1.33 bits per heavy atom. The SMILES string of the molecule is Cc1cn(-c2ncc(Br)cn2)ccc1=O. The van der Waals surface area contributed by atoms with Crippen LogP contribution < -0.4 is 5.43 Å². The van der Waals surface area contributed by atoms with Gasteiger partial charge in [0.2, 0.25) is 5.95 Å². The van der Waals surface area contributed by atoms with Crippen LogP contribution in [0.15, 0.2) is 40.1 Å². The van der Waals surface area contributed by atoms with Crippen molar-refractivity contribution in [2.45, 2.75) is 6.92 Å². The van der Waals surface area contributed by atoms with E-state index in [2.05, 4.69) is 25.9 Å². The van der Waals surface area contributed by atoms with Crippen molar-refractivity contribution in [3.05, 3.63) is 51.1 Å². The summed E-state index contributed by atoms with van der Waals surface area (Å²) in [6, 6.07) is 1.50. The molecule has 0 saturated carbocycles. The molecule has 0 amide bonds. The Hall–Kier alpha value is -1.49. The number of aromatic nitrogens is 3. The summed E-state index contributed by atoms with van der Waals surface area (Å²) in [5.41, 5.74) is 0.687. The Labute approximate surface area is 94.8 Å². The van der Waals surface area contributed by atoms with Gasteiger partial charge in [0.05, 0.1) is 4.47 Å². The first kappa shape index (κ1) is 10.0. The van der Waals surface area contributed by atoms with Crippen molar-refractivity contribution < 1.29 is 0 Å². The maximum absolute atomic E-state index is 11.2. The number of halogens is 1. The lowest BCUT2D eigenvalue weighted by Gasteiger charge is -2.04. The topological polar surface area (TPSA) is 47.8 Å². The zero-order valence-corrected chi connectivity index (χ0v) is 9.60. The van der Waals surface area contributed by atoms with Crippen LogP contribution in [0.3, 0.4) is 0 Å². The first-order valence-electron chi connectivity index (χ1n) is 4.33. The third-order valence-corrected chi connectivity index (χ3v) is 2.36. The van der Waals surface area contributed by atoms with Gasteiger partial charge in [-0.05, 0) is 22.9 Å². The van der Waals surface area contributed by atoms with Crippen molar-refractivity contribution in [2.75, 3.05) is 0 Å². The molecule has 2 aromatic heterocycles. The Balaban J connectivity index is 2.50. The monoisotopic (exact) mass is 265 g/mol. The molecule has 0 aromatic carbocycles. The summed E-state index contributed by atoms with van der Waals surface area (Å²) in [5.74, 6) is 0.543. The number of nitrogens with zero attached hydrogens (tertiary/aromatic N) is 3. The minimum Gasteiger partial charge on any atom is -0.292 e. The fraction of sp³-hybridized carbons (Fsp3) is 0.100. The summed E-state index contributed by atoms with van der Waals surface area (Å²) in [4.78, 5) is 19.4. The number of rotatable bonds is 1. The second-order valence-corrected chi connectivity index (χ2v) is 4.02. The van der Waals surface area contributed by atoms with Gasteiger partial charge in [-0.25, -0.2) is 9.97 Å². The first-order chi connectivity index (χ1) is 7.16. The van der Waals surface area contributed by atoms with Gasteiger partial charge < -0.3 is 0 Å². The number of aryl methyl sites for hydroxylation is 1. The molecule has 2 heterocycles. The van der Waals surface area contributed by atoms with Crippen LogP contribution in [0.25, 0.3) is 5.95 Å². The fourth-order valence-corrected chi connectivity index (χ4v) is 1.36. The normalized spacial score (nSPS) is 10.3. The Morgan fingerprint density at radius 2 is 2.00 bits per heavy atom. The molecule has 0 aliphatic heterocycles. The minimum atomic E-state index is 0.0170. The summed E-state index contributed by atoms with van der Waals surface area (Å²) in [6.45, 7) is 1.76. The minimum absolute atomic E-state index is 0.0170. The van der Waals surface area contributed by atoms with Gasteiger partial charge in [-0.2, -0.15) is 0 Å². The molecule has 5 heteroatoms. The third kappa shape index (κ3) is 2.12. The fourth-order valence-electron chi connectivity index (χ4n) is 1.16. The van der Waals surface area contributed by atoms with Gasteiger partial charge in [0.1, 0.15) is 0 Å². The molecule has 76 valence electrons. The van der Waals surface area contributed by atoms with Gasteiger partial charge in [0, 0.05) is 36.4 Å². The van der Waals surface area contributed by atoms with Gasteiger partial charge >= 0.3 is 0 Å². The summed E-state index contributed by atoms with van der Waals surface area (Å²) in [5, 5.41) is 0. The van der Waals surface area contributed by atoms with Gasteiger partial charge in [0.25, 0.3) is 0 Å². The zero-order valence-electron chi connectivity index (χ0n) is 8.01. The highest BCUT2D eigenvalue weighted by atomic mass is 79.9. The highest BCUT2D eigenvalue weighted by molar-refractivity contribution is 9.10. The van der Waals surface area contributed by atoms with Crippen molar-refractivity contribution in [1.29, 1.82) is 0 Å². The quantitative estimate of drug-likeness (QED) is 0.789. The van der Waals surface area contributed by atoms with E-state index in [1.54, 1.807) is 36.3 Å². The average molecular weight is 266 g/mol. The molecule has 0 aliphatic rings. The molecule has 0 aliphatic carbocycles. The maximum atomic E-state index is 11.2. The molecule has 0 saturated heterocycles. The van der Waals surface area contributed by atoms with E-state index < -0.39 is 0 Å². The maximum Gasteiger partial charge on any atom is 0.233 e. The molecule has 0 fully saturated rings. The van der Waals surface area contributed by atoms with Crippen molar-refractivity contribution in [3.8, 4) is 5.95 Å². The third-order valence-electron chi connectivity index (χ3n) is 1.95. The summed E-state index contributed by atoms with van der Waals surface area (Å²) in [7, 11) is 0. The molecule has 0 atom stereocenters. The summed E-state index contributed by atoms with van der Waals surface area (Å²) in [6.07, 6.45) is 6.69. The standard InChI is InChI=1S/C10H8BrN3O/c1-7-6-14(3-2-9(7)15)10-12-4-8(11)5-13-10/h2-6H,1H3. The van der Waals surface area contributed by atoms with Crippen LogP contribution in [0.5, 0.6) is 0 Å². The van der Waals surface area contributed by atoms with E-state index in [4.69, 9.17) is 0 Å². The number of pyridine rings is 1. The van der Waals surface area contributed by atoms with Gasteiger partial charge in [0.15, 0.2) is 5.43 Å². The van der Waals surface area contributed by atoms with Gasteiger partial charge in [-0.1, -0.05) is 0 Å². The van der Waals surface area contributed by atoms with Crippen LogP contribution >= 0.6 is 15.9 Å². The molecule has 15 heavy (non-hydrogen) atoms. The van der Waals surface area contributed by atoms with Crippen molar-refractivity contribution in [3.63, 3.8) is 0 Å². The lowest BCUT2D eigenvalue weighted by Crippen LogP contribution is -2.09. The lowest BCUT2D eigenvalue weighted by molar-refractivity contribution is 0.904. The molecular formula is C10H8BrN3O. The van der Waals surface area contributed by atoms with Crippen molar-refractivity contribution in [1.82, 2.24) is 14.5 Å².